The minimum atomic E-state index is -0.562. The first-order valence-corrected chi connectivity index (χ1v) is 9.05. The van der Waals surface area contributed by atoms with Crippen molar-refractivity contribution in [1.82, 2.24) is 19.7 Å². The van der Waals surface area contributed by atoms with Gasteiger partial charge in [-0.1, -0.05) is 29.8 Å². The summed E-state index contributed by atoms with van der Waals surface area (Å²) in [5.74, 6) is 0.777. The van der Waals surface area contributed by atoms with Gasteiger partial charge in [-0.05, 0) is 50.7 Å². The summed E-state index contributed by atoms with van der Waals surface area (Å²) in [7, 11) is 2.01. The van der Waals surface area contributed by atoms with Gasteiger partial charge in [-0.25, -0.2) is 9.67 Å². The van der Waals surface area contributed by atoms with E-state index in [0.717, 1.165) is 11.4 Å². The highest BCUT2D eigenvalue weighted by atomic mass is 16.5. The first-order valence-electron chi connectivity index (χ1n) is 9.05. The van der Waals surface area contributed by atoms with Crippen LogP contribution in [0.3, 0.4) is 0 Å². The van der Waals surface area contributed by atoms with Gasteiger partial charge >= 0.3 is 0 Å². The molecule has 1 heterocycles. The standard InChI is InChI=1S/C21H26N4O2/c1-16-4-10-21(11-5-16)27-13-20(26)12-24(3)17(2)18-6-8-19(9-7-18)25-15-22-14-23-25/h4-11,14-15,17,20,26H,12-13H2,1-3H3. The molecular weight excluding hydrogens is 340 g/mol. The van der Waals surface area contributed by atoms with E-state index in [0.29, 0.717) is 6.54 Å². The summed E-state index contributed by atoms with van der Waals surface area (Å²) >= 11 is 0. The van der Waals surface area contributed by atoms with E-state index < -0.39 is 6.10 Å². The molecule has 0 aliphatic rings. The molecule has 2 aromatic carbocycles. The van der Waals surface area contributed by atoms with Crippen molar-refractivity contribution in [3.05, 3.63) is 72.3 Å². The average molecular weight is 366 g/mol. The molecule has 0 amide bonds. The van der Waals surface area contributed by atoms with Crippen molar-refractivity contribution in [3.63, 3.8) is 0 Å². The van der Waals surface area contributed by atoms with Gasteiger partial charge in [-0.15, -0.1) is 0 Å². The van der Waals surface area contributed by atoms with E-state index in [1.54, 1.807) is 11.0 Å². The highest BCUT2D eigenvalue weighted by Gasteiger charge is 2.16. The zero-order chi connectivity index (χ0) is 19.2. The Labute approximate surface area is 160 Å². The van der Waals surface area contributed by atoms with E-state index in [1.165, 1.54) is 17.5 Å². The highest BCUT2D eigenvalue weighted by Crippen LogP contribution is 2.20. The summed E-state index contributed by atoms with van der Waals surface area (Å²) in [6.07, 6.45) is 2.63. The molecule has 0 fully saturated rings. The zero-order valence-electron chi connectivity index (χ0n) is 16.0. The van der Waals surface area contributed by atoms with Crippen molar-refractivity contribution in [3.8, 4) is 11.4 Å². The van der Waals surface area contributed by atoms with Crippen LogP contribution in [-0.4, -0.2) is 51.1 Å². The van der Waals surface area contributed by atoms with E-state index in [1.807, 2.05) is 50.4 Å². The van der Waals surface area contributed by atoms with Gasteiger partial charge in [0.2, 0.25) is 0 Å². The van der Waals surface area contributed by atoms with E-state index in [4.69, 9.17) is 4.74 Å². The lowest BCUT2D eigenvalue weighted by Crippen LogP contribution is -2.34. The molecule has 0 saturated heterocycles. The molecular formula is C21H26N4O2. The van der Waals surface area contributed by atoms with E-state index >= 15 is 0 Å². The monoisotopic (exact) mass is 366 g/mol. The van der Waals surface area contributed by atoms with Gasteiger partial charge < -0.3 is 9.84 Å². The molecule has 2 unspecified atom stereocenters. The topological polar surface area (TPSA) is 63.4 Å². The van der Waals surface area contributed by atoms with Crippen molar-refractivity contribution in [1.29, 1.82) is 0 Å². The minimum absolute atomic E-state index is 0.170. The molecule has 27 heavy (non-hydrogen) atoms. The summed E-state index contributed by atoms with van der Waals surface area (Å²) in [5.41, 5.74) is 3.33. The molecule has 1 N–H and O–H groups in total. The fraction of sp³-hybridized carbons (Fsp3) is 0.333. The SMILES string of the molecule is Cc1ccc(OCC(O)CN(C)C(C)c2ccc(-n3cncn3)cc2)cc1. The lowest BCUT2D eigenvalue weighted by Gasteiger charge is -2.27. The zero-order valence-corrected chi connectivity index (χ0v) is 16.0. The molecule has 6 nitrogen and oxygen atoms in total. The first-order chi connectivity index (χ1) is 13.0. The number of aliphatic hydroxyl groups is 1. The Morgan fingerprint density at radius 3 is 2.44 bits per heavy atom. The van der Waals surface area contributed by atoms with Gasteiger partial charge in [0.05, 0.1) is 5.69 Å². The van der Waals surface area contributed by atoms with E-state index in [-0.39, 0.29) is 12.6 Å². The third-order valence-electron chi connectivity index (χ3n) is 4.68. The molecule has 0 radical (unpaired) electrons. The number of hydrogen-bond donors (Lipinski definition) is 1. The maximum Gasteiger partial charge on any atom is 0.138 e. The van der Waals surface area contributed by atoms with Crippen LogP contribution in [0.15, 0.2) is 61.2 Å². The summed E-state index contributed by atoms with van der Waals surface area (Å²) in [6, 6.07) is 16.2. The van der Waals surface area contributed by atoms with Crippen LogP contribution in [0, 0.1) is 6.92 Å². The highest BCUT2D eigenvalue weighted by molar-refractivity contribution is 5.34. The number of ether oxygens (including phenoxy) is 1. The quantitative estimate of drug-likeness (QED) is 0.664. The smallest absolute Gasteiger partial charge is 0.138 e. The van der Waals surface area contributed by atoms with Crippen LogP contribution in [0.25, 0.3) is 5.69 Å². The van der Waals surface area contributed by atoms with Crippen molar-refractivity contribution in [2.24, 2.45) is 0 Å². The Morgan fingerprint density at radius 1 is 1.11 bits per heavy atom. The molecule has 142 valence electrons. The van der Waals surface area contributed by atoms with Crippen molar-refractivity contribution >= 4 is 0 Å². The van der Waals surface area contributed by atoms with Gasteiger partial charge in [-0.3, -0.25) is 4.90 Å². The second kappa shape index (κ2) is 8.79. The largest absolute Gasteiger partial charge is 0.491 e. The number of aromatic nitrogens is 3. The normalized spacial score (nSPS) is 13.5. The molecule has 0 spiro atoms. The van der Waals surface area contributed by atoms with Crippen molar-refractivity contribution < 1.29 is 9.84 Å². The summed E-state index contributed by atoms with van der Waals surface area (Å²) in [5, 5.41) is 14.4. The maximum absolute atomic E-state index is 10.3. The lowest BCUT2D eigenvalue weighted by molar-refractivity contribution is 0.0654. The number of aliphatic hydroxyl groups excluding tert-OH is 1. The van der Waals surface area contributed by atoms with Crippen LogP contribution in [0.4, 0.5) is 0 Å². The summed E-state index contributed by atoms with van der Waals surface area (Å²) in [6.45, 7) is 4.95. The maximum atomic E-state index is 10.3. The number of likely N-dealkylation sites (N-methyl/N-ethyl adjacent to an activating group) is 1. The Kier molecular flexibility index (Phi) is 6.21. The number of rotatable bonds is 8. The third kappa shape index (κ3) is 5.15. The fourth-order valence-corrected chi connectivity index (χ4v) is 2.87. The van der Waals surface area contributed by atoms with Gasteiger partial charge in [0.15, 0.2) is 0 Å². The Bertz CT molecular complexity index is 816. The van der Waals surface area contributed by atoms with Crippen LogP contribution >= 0.6 is 0 Å². The predicted molar refractivity (Wildman–Crippen MR) is 105 cm³/mol. The Hall–Kier alpha value is -2.70. The second-order valence-electron chi connectivity index (χ2n) is 6.83. The molecule has 6 heteroatoms. The molecule has 0 aliphatic carbocycles. The average Bonchev–Trinajstić information content (AvgIpc) is 3.22. The molecule has 0 saturated carbocycles. The first kappa shape index (κ1) is 19.1. The van der Waals surface area contributed by atoms with Gasteiger partial charge in [0.1, 0.15) is 31.1 Å². The lowest BCUT2D eigenvalue weighted by atomic mass is 10.1. The van der Waals surface area contributed by atoms with Crippen LogP contribution in [0.1, 0.15) is 24.1 Å². The van der Waals surface area contributed by atoms with Gasteiger partial charge in [0.25, 0.3) is 0 Å². The number of benzene rings is 2. The van der Waals surface area contributed by atoms with Crippen LogP contribution in [0.2, 0.25) is 0 Å². The molecule has 3 rings (SSSR count). The fourth-order valence-electron chi connectivity index (χ4n) is 2.87. The number of nitrogens with zero attached hydrogens (tertiary/aromatic N) is 4. The molecule has 3 aromatic rings. The van der Waals surface area contributed by atoms with Crippen LogP contribution in [-0.2, 0) is 0 Å². The van der Waals surface area contributed by atoms with Gasteiger partial charge in [0, 0.05) is 12.6 Å². The van der Waals surface area contributed by atoms with Crippen LogP contribution in [0.5, 0.6) is 5.75 Å². The van der Waals surface area contributed by atoms with Crippen molar-refractivity contribution in [2.75, 3.05) is 20.2 Å². The van der Waals surface area contributed by atoms with Crippen LogP contribution < -0.4 is 4.74 Å². The molecule has 0 aliphatic heterocycles. The number of aryl methyl sites for hydroxylation is 1. The van der Waals surface area contributed by atoms with Crippen molar-refractivity contribution in [2.45, 2.75) is 26.0 Å². The van der Waals surface area contributed by atoms with E-state index in [2.05, 4.69) is 34.0 Å². The third-order valence-corrected chi connectivity index (χ3v) is 4.68. The minimum Gasteiger partial charge on any atom is -0.491 e. The Balaban J connectivity index is 1.51. The Morgan fingerprint density at radius 2 is 1.81 bits per heavy atom. The van der Waals surface area contributed by atoms with E-state index in [9.17, 15) is 5.11 Å². The molecule has 1 aromatic heterocycles. The number of hydrogen-bond acceptors (Lipinski definition) is 5. The van der Waals surface area contributed by atoms with Gasteiger partial charge in [-0.2, -0.15) is 5.10 Å². The molecule has 0 bridgehead atoms. The summed E-state index contributed by atoms with van der Waals surface area (Å²) < 4.78 is 7.40. The predicted octanol–water partition coefficient (Wildman–Crippen LogP) is 3.01. The summed E-state index contributed by atoms with van der Waals surface area (Å²) in [4.78, 5) is 6.08. The molecule has 2 atom stereocenters. The second-order valence-corrected chi connectivity index (χ2v) is 6.83.